The molecule has 9 heteroatoms. The monoisotopic (exact) mass is 462 g/mol. The van der Waals surface area contributed by atoms with Crippen molar-refractivity contribution in [3.05, 3.63) is 89.7 Å². The lowest BCUT2D eigenvalue weighted by Crippen LogP contribution is -2.16. The Morgan fingerprint density at radius 2 is 1.71 bits per heavy atom. The number of ether oxygens (including phenoxy) is 2. The highest BCUT2D eigenvalue weighted by Crippen LogP contribution is 2.33. The summed E-state index contributed by atoms with van der Waals surface area (Å²) in [6.45, 7) is 0.145. The highest BCUT2D eigenvalue weighted by atomic mass is 19.2. The van der Waals surface area contributed by atoms with E-state index >= 15 is 0 Å². The molecule has 170 valence electrons. The maximum Gasteiger partial charge on any atom is 0.293 e. The summed E-state index contributed by atoms with van der Waals surface area (Å²) in [5.74, 6) is -2.37. The highest BCUT2D eigenvalue weighted by Gasteiger charge is 2.22. The van der Waals surface area contributed by atoms with Crippen molar-refractivity contribution in [3.63, 3.8) is 0 Å². The number of benzene rings is 3. The molecule has 1 aliphatic rings. The summed E-state index contributed by atoms with van der Waals surface area (Å²) in [5.41, 5.74) is 1.26. The van der Waals surface area contributed by atoms with Crippen LogP contribution in [-0.2, 0) is 4.79 Å². The van der Waals surface area contributed by atoms with Gasteiger partial charge >= 0.3 is 0 Å². The molecular weight excluding hydrogens is 446 g/mol. The molecule has 5 rings (SSSR count). The van der Waals surface area contributed by atoms with Crippen LogP contribution in [0.3, 0.4) is 0 Å². The number of anilines is 2. The topological polar surface area (TPSA) is 89.8 Å². The van der Waals surface area contributed by atoms with Crippen molar-refractivity contribution < 1.29 is 32.3 Å². The molecule has 2 amide bonds. The third-order valence-electron chi connectivity index (χ3n) is 5.05. The molecule has 0 bridgehead atoms. The third-order valence-corrected chi connectivity index (χ3v) is 5.05. The molecule has 0 saturated heterocycles. The number of amides is 2. The number of fused-ring (bicyclic) bond motifs is 2. The summed E-state index contributed by atoms with van der Waals surface area (Å²) in [7, 11) is 0. The molecule has 7 nitrogen and oxygen atoms in total. The van der Waals surface area contributed by atoms with E-state index in [1.54, 1.807) is 48.5 Å². The summed E-state index contributed by atoms with van der Waals surface area (Å²) < 4.78 is 43.0. The molecule has 0 fully saturated rings. The first-order chi connectivity index (χ1) is 16.5. The van der Waals surface area contributed by atoms with Crippen LogP contribution in [0, 0.1) is 11.6 Å². The molecule has 34 heavy (non-hydrogen) atoms. The van der Waals surface area contributed by atoms with E-state index < -0.39 is 23.4 Å². The molecule has 2 heterocycles. The van der Waals surface area contributed by atoms with Crippen LogP contribution < -0.4 is 20.1 Å². The van der Waals surface area contributed by atoms with Gasteiger partial charge in [-0.05, 0) is 48.0 Å². The SMILES string of the molecule is O=C(/C=C/c1ccc2c(c1)OCO2)Nc1c(C(=O)Nc2ccc(F)c(F)c2)oc2ccccc12. The van der Waals surface area contributed by atoms with Crippen LogP contribution in [0.5, 0.6) is 11.5 Å². The zero-order valence-corrected chi connectivity index (χ0v) is 17.4. The maximum atomic E-state index is 13.5. The Kier molecular flexibility index (Phi) is 5.43. The van der Waals surface area contributed by atoms with Gasteiger partial charge in [0.2, 0.25) is 18.5 Å². The zero-order chi connectivity index (χ0) is 23.7. The quantitative estimate of drug-likeness (QED) is 0.391. The van der Waals surface area contributed by atoms with E-state index in [-0.39, 0.29) is 23.9 Å². The van der Waals surface area contributed by atoms with Gasteiger partial charge in [0.1, 0.15) is 11.3 Å². The maximum absolute atomic E-state index is 13.5. The average molecular weight is 462 g/mol. The molecular formula is C25H16F2N2O5. The molecule has 4 aromatic rings. The third kappa shape index (κ3) is 4.18. The number of furan rings is 1. The summed E-state index contributed by atoms with van der Waals surface area (Å²) in [6, 6.07) is 15.0. The van der Waals surface area contributed by atoms with Gasteiger partial charge in [-0.1, -0.05) is 18.2 Å². The smallest absolute Gasteiger partial charge is 0.293 e. The van der Waals surface area contributed by atoms with Gasteiger partial charge in [-0.15, -0.1) is 0 Å². The predicted octanol–water partition coefficient (Wildman–Crippen LogP) is 5.34. The van der Waals surface area contributed by atoms with Gasteiger partial charge in [-0.25, -0.2) is 8.78 Å². The number of carbonyl (C=O) groups excluding carboxylic acids is 2. The van der Waals surface area contributed by atoms with Crippen LogP contribution in [0.4, 0.5) is 20.2 Å². The molecule has 0 spiro atoms. The van der Waals surface area contributed by atoms with Crippen LogP contribution in [-0.4, -0.2) is 18.6 Å². The van der Waals surface area contributed by atoms with Gasteiger partial charge in [0.25, 0.3) is 5.91 Å². The van der Waals surface area contributed by atoms with Crippen molar-refractivity contribution in [1.29, 1.82) is 0 Å². The van der Waals surface area contributed by atoms with Crippen LogP contribution in [0.15, 0.2) is 71.2 Å². The molecule has 0 atom stereocenters. The normalized spacial score (nSPS) is 12.3. The molecule has 3 aromatic carbocycles. The van der Waals surface area contributed by atoms with Crippen LogP contribution in [0.2, 0.25) is 0 Å². The van der Waals surface area contributed by atoms with Gasteiger partial charge in [-0.3, -0.25) is 9.59 Å². The number of hydrogen-bond acceptors (Lipinski definition) is 5. The van der Waals surface area contributed by atoms with Crippen molar-refractivity contribution in [3.8, 4) is 11.5 Å². The molecule has 0 aliphatic carbocycles. The van der Waals surface area contributed by atoms with Crippen molar-refractivity contribution >= 4 is 40.2 Å². The van der Waals surface area contributed by atoms with Crippen LogP contribution >= 0.6 is 0 Å². The fourth-order valence-electron chi connectivity index (χ4n) is 3.44. The van der Waals surface area contributed by atoms with E-state index in [2.05, 4.69) is 10.6 Å². The lowest BCUT2D eigenvalue weighted by Gasteiger charge is -2.06. The van der Waals surface area contributed by atoms with E-state index in [1.165, 1.54) is 12.1 Å². The van der Waals surface area contributed by atoms with Gasteiger partial charge in [0.05, 0.1) is 0 Å². The summed E-state index contributed by atoms with van der Waals surface area (Å²) >= 11 is 0. The minimum atomic E-state index is -1.11. The molecule has 2 N–H and O–H groups in total. The minimum absolute atomic E-state index is 0.0318. The second-order valence-corrected chi connectivity index (χ2v) is 7.32. The Hall–Kier alpha value is -4.66. The first-order valence-electron chi connectivity index (χ1n) is 10.1. The van der Waals surface area contributed by atoms with E-state index in [1.807, 2.05) is 0 Å². The molecule has 1 aromatic heterocycles. The van der Waals surface area contributed by atoms with Crippen molar-refractivity contribution in [2.45, 2.75) is 0 Å². The van der Waals surface area contributed by atoms with E-state index in [0.717, 1.165) is 12.1 Å². The lowest BCUT2D eigenvalue weighted by atomic mass is 10.2. The first kappa shape index (κ1) is 21.2. The van der Waals surface area contributed by atoms with Crippen molar-refractivity contribution in [1.82, 2.24) is 0 Å². The van der Waals surface area contributed by atoms with E-state index in [0.29, 0.717) is 28.0 Å². The van der Waals surface area contributed by atoms with Gasteiger partial charge in [-0.2, -0.15) is 0 Å². The Balaban J connectivity index is 1.39. The Morgan fingerprint density at radius 1 is 0.882 bits per heavy atom. The van der Waals surface area contributed by atoms with Crippen molar-refractivity contribution in [2.24, 2.45) is 0 Å². The fourth-order valence-corrected chi connectivity index (χ4v) is 3.44. The second kappa shape index (κ2) is 8.70. The van der Waals surface area contributed by atoms with Gasteiger partial charge in [0, 0.05) is 23.2 Å². The first-order valence-corrected chi connectivity index (χ1v) is 10.1. The second-order valence-electron chi connectivity index (χ2n) is 7.32. The number of para-hydroxylation sites is 1. The number of hydrogen-bond donors (Lipinski definition) is 2. The minimum Gasteiger partial charge on any atom is -0.454 e. The van der Waals surface area contributed by atoms with E-state index in [9.17, 15) is 18.4 Å². The largest absolute Gasteiger partial charge is 0.454 e. The zero-order valence-electron chi connectivity index (χ0n) is 17.4. The van der Waals surface area contributed by atoms with Gasteiger partial charge < -0.3 is 24.5 Å². The highest BCUT2D eigenvalue weighted by molar-refractivity contribution is 6.16. The molecule has 0 radical (unpaired) electrons. The number of nitrogens with one attached hydrogen (secondary N) is 2. The Bertz CT molecular complexity index is 1460. The summed E-state index contributed by atoms with van der Waals surface area (Å²) in [4.78, 5) is 25.5. The Labute approximate surface area is 191 Å². The standard InChI is InChI=1S/C25H16F2N2O5/c26-17-8-7-15(12-18(17)27)28-25(31)24-23(16-3-1-2-4-19(16)34-24)29-22(30)10-6-14-5-9-20-21(11-14)33-13-32-20/h1-12H,13H2,(H,28,31)(H,29,30)/b10-6+. The molecule has 0 unspecified atom stereocenters. The van der Waals surface area contributed by atoms with Crippen LogP contribution in [0.25, 0.3) is 17.0 Å². The van der Waals surface area contributed by atoms with Crippen LogP contribution in [0.1, 0.15) is 16.1 Å². The predicted molar refractivity (Wildman–Crippen MR) is 121 cm³/mol. The molecule has 0 saturated carbocycles. The number of carbonyl (C=O) groups is 2. The summed E-state index contributed by atoms with van der Waals surface area (Å²) in [5, 5.41) is 5.62. The van der Waals surface area contributed by atoms with E-state index in [4.69, 9.17) is 13.9 Å². The molecule has 1 aliphatic heterocycles. The van der Waals surface area contributed by atoms with Gasteiger partial charge in [0.15, 0.2) is 23.1 Å². The van der Waals surface area contributed by atoms with Crippen molar-refractivity contribution in [2.75, 3.05) is 17.4 Å². The summed E-state index contributed by atoms with van der Waals surface area (Å²) in [6.07, 6.45) is 2.89. The Morgan fingerprint density at radius 3 is 2.56 bits per heavy atom. The number of rotatable bonds is 5. The lowest BCUT2D eigenvalue weighted by molar-refractivity contribution is -0.111. The number of halogens is 2. The average Bonchev–Trinajstić information content (AvgIpc) is 3.44. The fraction of sp³-hybridized carbons (Fsp3) is 0.0400.